The molecular formula is C12H16O3. The molecule has 0 spiro atoms. The summed E-state index contributed by atoms with van der Waals surface area (Å²) in [5.41, 5.74) is -0.144. The van der Waals surface area contributed by atoms with Gasteiger partial charge in [-0.25, -0.2) is 4.79 Å². The van der Waals surface area contributed by atoms with Gasteiger partial charge in [0.25, 0.3) is 0 Å². The molecule has 15 heavy (non-hydrogen) atoms. The molecule has 0 N–H and O–H groups in total. The number of rotatable bonds is 3. The molecule has 3 nitrogen and oxygen atoms in total. The van der Waals surface area contributed by atoms with Crippen LogP contribution in [0.15, 0.2) is 12.7 Å². The second kappa shape index (κ2) is 2.64. The van der Waals surface area contributed by atoms with E-state index in [0.717, 1.165) is 19.3 Å². The second-order valence-corrected chi connectivity index (χ2v) is 4.84. The molecule has 3 fully saturated rings. The first kappa shape index (κ1) is 9.40. The fourth-order valence-corrected chi connectivity index (χ4v) is 3.78. The largest absolute Gasteiger partial charge is 0.426 e. The molecule has 3 aliphatic rings. The number of hydrogen-bond donors (Lipinski definition) is 0. The monoisotopic (exact) mass is 208 g/mol. The number of carbonyl (C=O) groups is 1. The van der Waals surface area contributed by atoms with Crippen LogP contribution in [0.25, 0.3) is 0 Å². The first-order valence-corrected chi connectivity index (χ1v) is 5.74. The highest BCUT2D eigenvalue weighted by Crippen LogP contribution is 2.72. The SMILES string of the molecule is C=CC(=O)OC12OC1(CC)C1CCC2C1. The van der Waals surface area contributed by atoms with Gasteiger partial charge in [-0.3, -0.25) is 0 Å². The summed E-state index contributed by atoms with van der Waals surface area (Å²) in [5, 5.41) is 0. The molecule has 2 saturated carbocycles. The van der Waals surface area contributed by atoms with E-state index in [-0.39, 0.29) is 11.6 Å². The highest BCUT2D eigenvalue weighted by molar-refractivity contribution is 5.82. The Bertz CT molecular complexity index is 338. The van der Waals surface area contributed by atoms with Crippen LogP contribution in [-0.4, -0.2) is 17.4 Å². The van der Waals surface area contributed by atoms with E-state index in [2.05, 4.69) is 13.5 Å². The van der Waals surface area contributed by atoms with Crippen molar-refractivity contribution in [2.45, 2.75) is 44.0 Å². The van der Waals surface area contributed by atoms with E-state index < -0.39 is 5.79 Å². The van der Waals surface area contributed by atoms with Crippen molar-refractivity contribution in [1.82, 2.24) is 0 Å². The summed E-state index contributed by atoms with van der Waals surface area (Å²) in [4.78, 5) is 11.3. The molecule has 0 amide bonds. The molecule has 82 valence electrons. The molecule has 1 aliphatic heterocycles. The maximum absolute atomic E-state index is 11.3. The normalized spacial score (nSPS) is 49.9. The lowest BCUT2D eigenvalue weighted by Gasteiger charge is -2.22. The van der Waals surface area contributed by atoms with Gasteiger partial charge in [-0.2, -0.15) is 0 Å². The van der Waals surface area contributed by atoms with Gasteiger partial charge in [0.15, 0.2) is 0 Å². The second-order valence-electron chi connectivity index (χ2n) is 4.84. The summed E-state index contributed by atoms with van der Waals surface area (Å²) in [6, 6.07) is 0. The van der Waals surface area contributed by atoms with Crippen molar-refractivity contribution in [3.63, 3.8) is 0 Å². The summed E-state index contributed by atoms with van der Waals surface area (Å²) >= 11 is 0. The minimum absolute atomic E-state index is 0.144. The fraction of sp³-hybridized carbons (Fsp3) is 0.750. The number of fused-ring (bicyclic) bond motifs is 5. The molecule has 4 atom stereocenters. The minimum Gasteiger partial charge on any atom is -0.426 e. The van der Waals surface area contributed by atoms with E-state index in [1.54, 1.807) is 0 Å². The Morgan fingerprint density at radius 1 is 1.60 bits per heavy atom. The number of ether oxygens (including phenoxy) is 2. The summed E-state index contributed by atoms with van der Waals surface area (Å²) < 4.78 is 11.3. The molecule has 3 heteroatoms. The Morgan fingerprint density at radius 3 is 3.00 bits per heavy atom. The van der Waals surface area contributed by atoms with Crippen LogP contribution in [0.1, 0.15) is 32.6 Å². The highest BCUT2D eigenvalue weighted by atomic mass is 16.8. The smallest absolute Gasteiger partial charge is 0.332 e. The zero-order valence-electron chi connectivity index (χ0n) is 8.99. The van der Waals surface area contributed by atoms with E-state index in [0.29, 0.717) is 11.8 Å². The average molecular weight is 208 g/mol. The van der Waals surface area contributed by atoms with Crippen molar-refractivity contribution in [2.75, 3.05) is 0 Å². The molecule has 3 rings (SSSR count). The van der Waals surface area contributed by atoms with E-state index in [9.17, 15) is 4.79 Å². The molecule has 0 aromatic rings. The van der Waals surface area contributed by atoms with E-state index >= 15 is 0 Å². The van der Waals surface area contributed by atoms with Gasteiger partial charge in [0.05, 0.1) is 0 Å². The first-order valence-electron chi connectivity index (χ1n) is 5.74. The Balaban J connectivity index is 1.88. The Labute approximate surface area is 89.4 Å². The van der Waals surface area contributed by atoms with Crippen molar-refractivity contribution >= 4 is 5.97 Å². The topological polar surface area (TPSA) is 38.8 Å². The maximum Gasteiger partial charge on any atom is 0.332 e. The van der Waals surface area contributed by atoms with Crippen molar-refractivity contribution < 1.29 is 14.3 Å². The Kier molecular flexibility index (Phi) is 1.66. The van der Waals surface area contributed by atoms with Gasteiger partial charge in [-0.1, -0.05) is 13.5 Å². The van der Waals surface area contributed by atoms with Gasteiger partial charge in [0.1, 0.15) is 5.60 Å². The predicted molar refractivity (Wildman–Crippen MR) is 54.0 cm³/mol. The van der Waals surface area contributed by atoms with E-state index in [4.69, 9.17) is 9.47 Å². The third kappa shape index (κ3) is 0.882. The Hall–Kier alpha value is -0.830. The van der Waals surface area contributed by atoms with Crippen molar-refractivity contribution in [3.05, 3.63) is 12.7 Å². The number of carbonyl (C=O) groups excluding carboxylic acids is 1. The van der Waals surface area contributed by atoms with Crippen LogP contribution in [0.5, 0.6) is 0 Å². The highest BCUT2D eigenvalue weighted by Gasteiger charge is 2.84. The van der Waals surface area contributed by atoms with Crippen molar-refractivity contribution in [1.29, 1.82) is 0 Å². The standard InChI is InChI=1S/C12H16O3/c1-3-10(13)14-12-9-6-5-8(7-9)11(12,4-2)15-12/h3,8-9H,1,4-7H2,2H3. The van der Waals surface area contributed by atoms with Crippen LogP contribution in [-0.2, 0) is 14.3 Å². The van der Waals surface area contributed by atoms with Crippen molar-refractivity contribution in [2.24, 2.45) is 11.8 Å². The van der Waals surface area contributed by atoms with Crippen LogP contribution >= 0.6 is 0 Å². The van der Waals surface area contributed by atoms with Crippen LogP contribution in [0, 0.1) is 11.8 Å². The lowest BCUT2D eigenvalue weighted by molar-refractivity contribution is -0.158. The van der Waals surface area contributed by atoms with Gasteiger partial charge in [-0.15, -0.1) is 0 Å². The molecule has 0 radical (unpaired) electrons. The molecule has 1 heterocycles. The van der Waals surface area contributed by atoms with Crippen LogP contribution < -0.4 is 0 Å². The molecule has 1 saturated heterocycles. The van der Waals surface area contributed by atoms with Crippen molar-refractivity contribution in [3.8, 4) is 0 Å². The van der Waals surface area contributed by atoms with Crippen LogP contribution in [0.3, 0.4) is 0 Å². The number of esters is 1. The van der Waals surface area contributed by atoms with E-state index in [1.165, 1.54) is 12.5 Å². The lowest BCUT2D eigenvalue weighted by atomic mass is 9.84. The molecule has 0 aromatic heterocycles. The van der Waals surface area contributed by atoms with Crippen LogP contribution in [0.4, 0.5) is 0 Å². The van der Waals surface area contributed by atoms with Gasteiger partial charge in [0.2, 0.25) is 5.79 Å². The van der Waals surface area contributed by atoms with Gasteiger partial charge in [0, 0.05) is 12.0 Å². The summed E-state index contributed by atoms with van der Waals surface area (Å²) in [5.74, 6) is 0.102. The molecule has 4 unspecified atom stereocenters. The van der Waals surface area contributed by atoms with Gasteiger partial charge in [-0.05, 0) is 31.6 Å². The lowest BCUT2D eigenvalue weighted by Crippen LogP contribution is -2.36. The van der Waals surface area contributed by atoms with Gasteiger partial charge >= 0.3 is 5.97 Å². The third-order valence-electron chi connectivity index (χ3n) is 4.46. The third-order valence-corrected chi connectivity index (χ3v) is 4.46. The molecule has 2 bridgehead atoms. The summed E-state index contributed by atoms with van der Waals surface area (Å²) in [6.07, 6.45) is 5.70. The first-order chi connectivity index (χ1) is 7.18. The quantitative estimate of drug-likeness (QED) is 0.404. The molecular weight excluding hydrogens is 192 g/mol. The van der Waals surface area contributed by atoms with Crippen LogP contribution in [0.2, 0.25) is 0 Å². The number of epoxide rings is 1. The molecule has 0 aromatic carbocycles. The number of hydrogen-bond acceptors (Lipinski definition) is 3. The average Bonchev–Trinajstić information content (AvgIpc) is 2.60. The zero-order chi connectivity index (χ0) is 10.7. The predicted octanol–water partition coefficient (Wildman–Crippen LogP) is 2.02. The van der Waals surface area contributed by atoms with Gasteiger partial charge < -0.3 is 9.47 Å². The van der Waals surface area contributed by atoms with E-state index in [1.807, 2.05) is 0 Å². The maximum atomic E-state index is 11.3. The molecule has 2 aliphatic carbocycles. The zero-order valence-corrected chi connectivity index (χ0v) is 8.99. The minimum atomic E-state index is -0.573. The fourth-order valence-electron chi connectivity index (χ4n) is 3.78. The summed E-state index contributed by atoms with van der Waals surface area (Å²) in [7, 11) is 0. The Morgan fingerprint density at radius 2 is 2.33 bits per heavy atom. The summed E-state index contributed by atoms with van der Waals surface area (Å²) in [6.45, 7) is 5.55.